The molecule has 32 heavy (non-hydrogen) atoms. The second-order valence-electron chi connectivity index (χ2n) is 7.04. The molecule has 0 aliphatic rings. The molecule has 0 unspecified atom stereocenters. The maximum Gasteiger partial charge on any atom is 0.307 e. The molecule has 1 N–H and O–H groups in total. The predicted octanol–water partition coefficient (Wildman–Crippen LogP) is 4.33. The zero-order chi connectivity index (χ0) is 23.0. The van der Waals surface area contributed by atoms with Crippen molar-refractivity contribution in [3.05, 3.63) is 87.0 Å². The van der Waals surface area contributed by atoms with Crippen molar-refractivity contribution in [1.29, 1.82) is 0 Å². The first kappa shape index (κ1) is 22.1. The van der Waals surface area contributed by atoms with E-state index in [1.807, 2.05) is 0 Å². The molecule has 3 aromatic carbocycles. The van der Waals surface area contributed by atoms with Crippen molar-refractivity contribution in [2.24, 2.45) is 7.05 Å². The number of nitrogens with zero attached hydrogens (tertiary/aromatic N) is 2. The maximum atomic E-state index is 12.8. The van der Waals surface area contributed by atoms with Gasteiger partial charge in [-0.25, -0.2) is 8.42 Å². The first-order chi connectivity index (χ1) is 15.2. The molecule has 0 fully saturated rings. The number of rotatable bonds is 5. The van der Waals surface area contributed by atoms with Crippen LogP contribution < -0.4 is 14.5 Å². The van der Waals surface area contributed by atoms with Crippen molar-refractivity contribution < 1.29 is 13.2 Å². The first-order valence-electron chi connectivity index (χ1n) is 9.42. The zero-order valence-electron chi connectivity index (χ0n) is 17.1. The largest absolute Gasteiger partial charge is 0.322 e. The van der Waals surface area contributed by atoms with Crippen molar-refractivity contribution in [3.8, 4) is 0 Å². The summed E-state index contributed by atoms with van der Waals surface area (Å²) in [6.07, 6.45) is 0. The van der Waals surface area contributed by atoms with Gasteiger partial charge in [0.15, 0.2) is 0 Å². The number of carbonyl (C=O) groups is 1. The van der Waals surface area contributed by atoms with Gasteiger partial charge in [-0.1, -0.05) is 22.9 Å². The molecular formula is C22H18ClN3O4S2. The average Bonchev–Trinajstić information content (AvgIpc) is 3.06. The minimum Gasteiger partial charge on any atom is -0.322 e. The number of aryl methyl sites for hydroxylation is 1. The Kier molecular flexibility index (Phi) is 5.81. The zero-order valence-corrected chi connectivity index (χ0v) is 19.5. The highest BCUT2D eigenvalue weighted by Crippen LogP contribution is 2.25. The number of benzene rings is 3. The van der Waals surface area contributed by atoms with Crippen LogP contribution in [0.3, 0.4) is 0 Å². The van der Waals surface area contributed by atoms with Crippen LogP contribution in [0.25, 0.3) is 10.2 Å². The van der Waals surface area contributed by atoms with E-state index in [0.717, 1.165) is 25.9 Å². The van der Waals surface area contributed by atoms with E-state index in [-0.39, 0.29) is 15.7 Å². The number of halogens is 1. The molecule has 0 spiro atoms. The van der Waals surface area contributed by atoms with Gasteiger partial charge in [0.05, 0.1) is 20.8 Å². The van der Waals surface area contributed by atoms with Gasteiger partial charge in [0.25, 0.3) is 15.9 Å². The van der Waals surface area contributed by atoms with Crippen LogP contribution in [0.1, 0.15) is 10.4 Å². The van der Waals surface area contributed by atoms with E-state index in [1.165, 1.54) is 31.3 Å². The van der Waals surface area contributed by atoms with Gasteiger partial charge in [0, 0.05) is 30.4 Å². The van der Waals surface area contributed by atoms with Gasteiger partial charge in [-0.05, 0) is 66.7 Å². The Morgan fingerprint density at radius 2 is 1.69 bits per heavy atom. The summed E-state index contributed by atoms with van der Waals surface area (Å²) in [5.41, 5.74) is 2.14. The topological polar surface area (TPSA) is 88.5 Å². The van der Waals surface area contributed by atoms with Crippen LogP contribution in [0, 0.1) is 0 Å². The number of nitrogens with one attached hydrogen (secondary N) is 1. The average molecular weight is 488 g/mol. The Morgan fingerprint density at radius 1 is 1.03 bits per heavy atom. The summed E-state index contributed by atoms with van der Waals surface area (Å²) in [5.74, 6) is -0.345. The summed E-state index contributed by atoms with van der Waals surface area (Å²) in [6, 6.07) is 17.4. The molecule has 4 aromatic rings. The molecule has 0 aliphatic heterocycles. The number of anilines is 2. The molecule has 1 heterocycles. The number of carbonyl (C=O) groups excluding carboxylic acids is 1. The molecule has 1 aromatic heterocycles. The molecule has 10 heteroatoms. The monoisotopic (exact) mass is 487 g/mol. The van der Waals surface area contributed by atoms with Gasteiger partial charge in [-0.3, -0.25) is 13.9 Å². The Hall–Kier alpha value is -3.14. The molecule has 0 atom stereocenters. The molecule has 7 nitrogen and oxygen atoms in total. The van der Waals surface area contributed by atoms with Crippen molar-refractivity contribution in [2.45, 2.75) is 4.90 Å². The minimum absolute atomic E-state index is 0.0725. The standard InChI is InChI=1S/C22H18ClN3O4S2/c1-25-19-12-7-16(13-20(19)31-22(25)28)24-21(27)14-3-8-17(9-4-14)26(2)32(29,30)18-10-5-15(23)6-11-18/h3-13H,1-2H3,(H,24,27). The van der Waals surface area contributed by atoms with Crippen LogP contribution in [0.2, 0.25) is 5.02 Å². The molecule has 4 rings (SSSR count). The summed E-state index contributed by atoms with van der Waals surface area (Å²) in [5, 5.41) is 3.25. The van der Waals surface area contributed by atoms with Crippen LogP contribution in [0.4, 0.5) is 11.4 Å². The first-order valence-corrected chi connectivity index (χ1v) is 12.1. The van der Waals surface area contributed by atoms with E-state index < -0.39 is 10.0 Å². The number of amides is 1. The smallest absolute Gasteiger partial charge is 0.307 e. The highest BCUT2D eigenvalue weighted by atomic mass is 35.5. The van der Waals surface area contributed by atoms with E-state index in [0.29, 0.717) is 22.0 Å². The highest BCUT2D eigenvalue weighted by molar-refractivity contribution is 7.92. The van der Waals surface area contributed by atoms with Gasteiger partial charge in [-0.2, -0.15) is 0 Å². The third kappa shape index (κ3) is 4.14. The highest BCUT2D eigenvalue weighted by Gasteiger charge is 2.21. The number of thiazole rings is 1. The normalized spacial score (nSPS) is 11.5. The summed E-state index contributed by atoms with van der Waals surface area (Å²) in [6.45, 7) is 0. The summed E-state index contributed by atoms with van der Waals surface area (Å²) >= 11 is 6.95. The fraction of sp³-hybridized carbons (Fsp3) is 0.0909. The van der Waals surface area contributed by atoms with E-state index >= 15 is 0 Å². The molecule has 0 saturated carbocycles. The van der Waals surface area contributed by atoms with Crippen molar-refractivity contribution >= 4 is 60.5 Å². The van der Waals surface area contributed by atoms with E-state index in [2.05, 4.69) is 5.32 Å². The lowest BCUT2D eigenvalue weighted by molar-refractivity contribution is 0.102. The van der Waals surface area contributed by atoms with Crippen molar-refractivity contribution in [1.82, 2.24) is 4.57 Å². The SMILES string of the molecule is CN(c1ccc(C(=O)Nc2ccc3c(c2)sc(=O)n3C)cc1)S(=O)(=O)c1ccc(Cl)cc1. The third-order valence-corrected chi connectivity index (χ3v) is 8.06. The number of fused-ring (bicyclic) bond motifs is 1. The maximum absolute atomic E-state index is 12.8. The van der Waals surface area contributed by atoms with Gasteiger partial charge in [-0.15, -0.1) is 0 Å². The van der Waals surface area contributed by atoms with Gasteiger partial charge < -0.3 is 9.88 Å². The van der Waals surface area contributed by atoms with Crippen LogP contribution in [0.15, 0.2) is 76.4 Å². The molecule has 0 bridgehead atoms. The molecular weight excluding hydrogens is 470 g/mol. The summed E-state index contributed by atoms with van der Waals surface area (Å²) in [4.78, 5) is 24.5. The Bertz CT molecular complexity index is 1470. The van der Waals surface area contributed by atoms with Gasteiger partial charge in [0.1, 0.15) is 0 Å². The lowest BCUT2D eigenvalue weighted by Gasteiger charge is -2.19. The van der Waals surface area contributed by atoms with Crippen LogP contribution in [-0.2, 0) is 17.1 Å². The minimum atomic E-state index is -3.77. The third-order valence-electron chi connectivity index (χ3n) is 5.02. The van der Waals surface area contributed by atoms with Gasteiger partial charge >= 0.3 is 4.87 Å². The Labute approximate surface area is 193 Å². The Balaban J connectivity index is 1.52. The molecule has 1 amide bonds. The lowest BCUT2D eigenvalue weighted by Crippen LogP contribution is -2.26. The quantitative estimate of drug-likeness (QED) is 0.453. The van der Waals surface area contributed by atoms with Crippen LogP contribution in [0.5, 0.6) is 0 Å². The fourth-order valence-corrected chi connectivity index (χ4v) is 5.38. The van der Waals surface area contributed by atoms with Crippen molar-refractivity contribution in [3.63, 3.8) is 0 Å². The molecule has 0 aliphatic carbocycles. The number of sulfonamides is 1. The predicted molar refractivity (Wildman–Crippen MR) is 129 cm³/mol. The van der Waals surface area contributed by atoms with E-state index in [9.17, 15) is 18.0 Å². The summed E-state index contributed by atoms with van der Waals surface area (Å²) < 4.78 is 29.1. The second-order valence-corrected chi connectivity index (χ2v) is 10.4. The molecule has 0 radical (unpaired) electrons. The van der Waals surface area contributed by atoms with E-state index in [1.54, 1.807) is 54.1 Å². The number of aromatic nitrogens is 1. The summed E-state index contributed by atoms with van der Waals surface area (Å²) in [7, 11) is -0.621. The van der Waals surface area contributed by atoms with Crippen LogP contribution in [-0.4, -0.2) is 25.9 Å². The van der Waals surface area contributed by atoms with Gasteiger partial charge in [0.2, 0.25) is 0 Å². The van der Waals surface area contributed by atoms with Crippen LogP contribution >= 0.6 is 22.9 Å². The Morgan fingerprint density at radius 3 is 2.34 bits per heavy atom. The van der Waals surface area contributed by atoms with E-state index in [4.69, 9.17) is 11.6 Å². The molecule has 0 saturated heterocycles. The molecule has 164 valence electrons. The lowest BCUT2D eigenvalue weighted by atomic mass is 10.2. The fourth-order valence-electron chi connectivity index (χ4n) is 3.14. The number of hydrogen-bond acceptors (Lipinski definition) is 5. The van der Waals surface area contributed by atoms with Crippen molar-refractivity contribution in [2.75, 3.05) is 16.7 Å². The second kappa shape index (κ2) is 8.42. The number of hydrogen-bond donors (Lipinski definition) is 1.